The first-order valence-electron chi connectivity index (χ1n) is 13.6. The fourth-order valence-electron chi connectivity index (χ4n) is 4.95. The highest BCUT2D eigenvalue weighted by atomic mass is 16.5. The number of nitrogens with two attached hydrogens (primary N) is 1. The van der Waals surface area contributed by atoms with Crippen molar-refractivity contribution in [2.75, 3.05) is 10.6 Å². The predicted octanol–water partition coefficient (Wildman–Crippen LogP) is 4.43. The number of nitrogens with zero attached hydrogens (tertiary/aromatic N) is 4. The molecule has 2 aliphatic carbocycles. The number of amides is 2. The number of primary amides is 1. The van der Waals surface area contributed by atoms with E-state index in [9.17, 15) is 9.59 Å². The molecule has 1 atom stereocenters. The molecule has 0 saturated heterocycles. The Kier molecular flexibility index (Phi) is 7.15. The van der Waals surface area contributed by atoms with Gasteiger partial charge in [0.2, 0.25) is 0 Å². The number of alkyl carbamates (subject to hydrolysis) is 1. The number of anilines is 3. The van der Waals surface area contributed by atoms with E-state index < -0.39 is 17.5 Å². The molecule has 6 rings (SSSR count). The van der Waals surface area contributed by atoms with Gasteiger partial charge in [-0.15, -0.1) is 0 Å². The monoisotopic (exact) mass is 550 g/mol. The number of ether oxygens (including phenoxy) is 1. The molecule has 11 heteroatoms. The van der Waals surface area contributed by atoms with Gasteiger partial charge >= 0.3 is 6.09 Å². The summed E-state index contributed by atoms with van der Waals surface area (Å²) in [6, 6.07) is 18.7. The standard InChI is InChI=1S/C30H30N8O3/c31-26(39)24-28(35-22-9-4-8-21(16-22)27-32-14-5-15-33-27)37-23(17-34-24)36-25(20-10-11-20)30(12-13-30)38-29(40)41-18-19-6-2-1-3-7-19/h1-9,14-17,20,25H,10-13,18H2,(H2,31,39)(H,38,40)(H2,35,36,37)/t25-/m1/s1. The van der Waals surface area contributed by atoms with Crippen molar-refractivity contribution in [1.29, 1.82) is 0 Å². The van der Waals surface area contributed by atoms with Crippen LogP contribution in [-0.2, 0) is 11.3 Å². The Bertz CT molecular complexity index is 1540. The Balaban J connectivity index is 1.18. The molecule has 5 N–H and O–H groups in total. The summed E-state index contributed by atoms with van der Waals surface area (Å²) >= 11 is 0. The summed E-state index contributed by atoms with van der Waals surface area (Å²) in [4.78, 5) is 42.5. The number of rotatable bonds is 11. The van der Waals surface area contributed by atoms with E-state index in [2.05, 4.69) is 35.9 Å². The fourth-order valence-corrected chi connectivity index (χ4v) is 4.95. The van der Waals surface area contributed by atoms with Gasteiger partial charge in [-0.3, -0.25) is 4.79 Å². The van der Waals surface area contributed by atoms with E-state index in [4.69, 9.17) is 10.5 Å². The van der Waals surface area contributed by atoms with Gasteiger partial charge in [0.15, 0.2) is 17.3 Å². The van der Waals surface area contributed by atoms with Crippen molar-refractivity contribution in [1.82, 2.24) is 25.3 Å². The topological polar surface area (TPSA) is 157 Å². The first-order valence-corrected chi connectivity index (χ1v) is 13.6. The third-order valence-corrected chi connectivity index (χ3v) is 7.30. The van der Waals surface area contributed by atoms with Crippen LogP contribution in [0.2, 0.25) is 0 Å². The van der Waals surface area contributed by atoms with Crippen LogP contribution in [0.4, 0.5) is 22.1 Å². The Morgan fingerprint density at radius 1 is 1.00 bits per heavy atom. The van der Waals surface area contributed by atoms with Gasteiger partial charge in [-0.05, 0) is 55.4 Å². The van der Waals surface area contributed by atoms with Gasteiger partial charge in [0.25, 0.3) is 5.91 Å². The Morgan fingerprint density at radius 2 is 1.78 bits per heavy atom. The van der Waals surface area contributed by atoms with Crippen LogP contribution in [-0.4, -0.2) is 43.5 Å². The first-order chi connectivity index (χ1) is 20.0. The largest absolute Gasteiger partial charge is 0.445 e. The van der Waals surface area contributed by atoms with Crippen molar-refractivity contribution in [2.24, 2.45) is 11.7 Å². The molecule has 4 aromatic rings. The van der Waals surface area contributed by atoms with E-state index in [1.165, 1.54) is 6.20 Å². The first kappa shape index (κ1) is 26.2. The molecule has 0 bridgehead atoms. The lowest BCUT2D eigenvalue weighted by Crippen LogP contribution is -2.50. The van der Waals surface area contributed by atoms with Crippen molar-refractivity contribution in [3.05, 3.63) is 90.5 Å². The minimum Gasteiger partial charge on any atom is -0.445 e. The van der Waals surface area contributed by atoms with E-state index in [1.54, 1.807) is 18.5 Å². The van der Waals surface area contributed by atoms with E-state index in [1.807, 2.05) is 54.6 Å². The minimum absolute atomic E-state index is 0.0173. The lowest BCUT2D eigenvalue weighted by atomic mass is 10.0. The summed E-state index contributed by atoms with van der Waals surface area (Å²) in [5.41, 5.74) is 7.60. The molecular weight excluding hydrogens is 520 g/mol. The summed E-state index contributed by atoms with van der Waals surface area (Å²) < 4.78 is 5.50. The van der Waals surface area contributed by atoms with Crippen LogP contribution in [0.5, 0.6) is 0 Å². The van der Waals surface area contributed by atoms with Crippen LogP contribution >= 0.6 is 0 Å². The maximum absolute atomic E-state index is 12.7. The minimum atomic E-state index is -0.700. The quantitative estimate of drug-likeness (QED) is 0.212. The average molecular weight is 551 g/mol. The summed E-state index contributed by atoms with van der Waals surface area (Å²) in [6.45, 7) is 0.205. The van der Waals surface area contributed by atoms with Gasteiger partial charge in [-0.1, -0.05) is 42.5 Å². The van der Waals surface area contributed by atoms with E-state index in [0.29, 0.717) is 23.2 Å². The highest BCUT2D eigenvalue weighted by molar-refractivity contribution is 5.96. The lowest BCUT2D eigenvalue weighted by molar-refractivity contribution is 0.0996. The molecule has 11 nitrogen and oxygen atoms in total. The molecule has 0 radical (unpaired) electrons. The molecule has 2 aromatic heterocycles. The van der Waals surface area contributed by atoms with Crippen LogP contribution in [0.25, 0.3) is 11.4 Å². The molecule has 208 valence electrons. The van der Waals surface area contributed by atoms with Crippen LogP contribution in [0.1, 0.15) is 41.7 Å². The van der Waals surface area contributed by atoms with Crippen molar-refractivity contribution in [2.45, 2.75) is 43.9 Å². The predicted molar refractivity (Wildman–Crippen MR) is 153 cm³/mol. The maximum atomic E-state index is 12.7. The number of hydrogen-bond acceptors (Lipinski definition) is 9. The van der Waals surface area contributed by atoms with Crippen molar-refractivity contribution < 1.29 is 14.3 Å². The normalized spacial score (nSPS) is 15.8. The number of benzene rings is 2. The van der Waals surface area contributed by atoms with Crippen LogP contribution < -0.4 is 21.7 Å². The zero-order valence-electron chi connectivity index (χ0n) is 22.3. The Hall–Kier alpha value is -5.06. The Morgan fingerprint density at radius 3 is 2.49 bits per heavy atom. The van der Waals surface area contributed by atoms with Gasteiger partial charge in [0, 0.05) is 23.6 Å². The van der Waals surface area contributed by atoms with Gasteiger partial charge in [0.05, 0.1) is 17.8 Å². The SMILES string of the molecule is NC(=O)c1ncc(N[C@H](C2CC2)C2(NC(=O)OCc3ccccc3)CC2)nc1Nc1cccc(-c2ncccn2)c1. The molecule has 2 saturated carbocycles. The second-order valence-electron chi connectivity index (χ2n) is 10.4. The number of carbonyl (C=O) groups is 2. The maximum Gasteiger partial charge on any atom is 0.407 e. The molecule has 0 unspecified atom stereocenters. The molecule has 2 aliphatic rings. The molecule has 2 aromatic carbocycles. The van der Waals surface area contributed by atoms with E-state index in [-0.39, 0.29) is 24.2 Å². The van der Waals surface area contributed by atoms with E-state index >= 15 is 0 Å². The molecular formula is C30H30N8O3. The summed E-state index contributed by atoms with van der Waals surface area (Å²) in [7, 11) is 0. The third-order valence-electron chi connectivity index (χ3n) is 7.30. The average Bonchev–Trinajstić information content (AvgIpc) is 3.93. The second-order valence-corrected chi connectivity index (χ2v) is 10.4. The van der Waals surface area contributed by atoms with Gasteiger partial charge in [-0.2, -0.15) is 0 Å². The number of carbonyl (C=O) groups excluding carboxylic acids is 2. The Labute approximate surface area is 237 Å². The fraction of sp³-hybridized carbons (Fsp3) is 0.267. The van der Waals surface area contributed by atoms with Crippen LogP contribution in [0.3, 0.4) is 0 Å². The van der Waals surface area contributed by atoms with Crippen LogP contribution in [0, 0.1) is 5.92 Å². The summed E-state index contributed by atoms with van der Waals surface area (Å²) in [6.07, 6.45) is 8.15. The lowest BCUT2D eigenvalue weighted by Gasteiger charge is -2.29. The molecule has 0 spiro atoms. The molecule has 2 amide bonds. The molecule has 0 aliphatic heterocycles. The highest BCUT2D eigenvalue weighted by Crippen LogP contribution is 2.49. The smallest absolute Gasteiger partial charge is 0.407 e. The van der Waals surface area contributed by atoms with Gasteiger partial charge in [-0.25, -0.2) is 24.7 Å². The number of aromatic nitrogens is 4. The van der Waals surface area contributed by atoms with Gasteiger partial charge < -0.3 is 26.4 Å². The number of nitrogens with one attached hydrogen (secondary N) is 3. The van der Waals surface area contributed by atoms with E-state index in [0.717, 1.165) is 36.8 Å². The second kappa shape index (κ2) is 11.2. The van der Waals surface area contributed by atoms with Crippen LogP contribution in [0.15, 0.2) is 79.3 Å². The van der Waals surface area contributed by atoms with Gasteiger partial charge in [0.1, 0.15) is 12.4 Å². The summed E-state index contributed by atoms with van der Waals surface area (Å²) in [5.74, 6) is 0.952. The summed E-state index contributed by atoms with van der Waals surface area (Å²) in [5, 5.41) is 9.79. The third kappa shape index (κ3) is 6.24. The zero-order valence-corrected chi connectivity index (χ0v) is 22.3. The molecule has 2 fully saturated rings. The molecule has 2 heterocycles. The number of hydrogen-bond donors (Lipinski definition) is 4. The van der Waals surface area contributed by atoms with Crippen molar-refractivity contribution in [3.8, 4) is 11.4 Å². The van der Waals surface area contributed by atoms with Crippen molar-refractivity contribution >= 4 is 29.3 Å². The highest BCUT2D eigenvalue weighted by Gasteiger charge is 2.56. The van der Waals surface area contributed by atoms with Crippen molar-refractivity contribution in [3.63, 3.8) is 0 Å². The molecule has 41 heavy (non-hydrogen) atoms. The zero-order chi connectivity index (χ0) is 28.2.